The second-order valence-corrected chi connectivity index (χ2v) is 2.29. The molecule has 1 rings (SSSR count). The highest BCUT2D eigenvalue weighted by Gasteiger charge is 2.41. The first kappa shape index (κ1) is 8.82. The van der Waals surface area contributed by atoms with Gasteiger partial charge in [-0.3, -0.25) is 4.79 Å². The van der Waals surface area contributed by atoms with E-state index >= 15 is 0 Å². The van der Waals surface area contributed by atoms with E-state index in [4.69, 9.17) is 15.3 Å². The molecule has 6 heteroatoms. The minimum Gasteiger partial charge on any atom is -0.499 e. The van der Waals surface area contributed by atoms with Crippen LogP contribution in [0.3, 0.4) is 0 Å². The molecular weight excluding hydrogens is 168 g/mol. The van der Waals surface area contributed by atoms with Crippen LogP contribution in [0.5, 0.6) is 0 Å². The molecule has 3 N–H and O–H groups in total. The summed E-state index contributed by atoms with van der Waals surface area (Å²) in [7, 11) is 0. The predicted octanol–water partition coefficient (Wildman–Crippen LogP) is -1.53. The molecule has 0 aromatic rings. The zero-order chi connectivity index (χ0) is 9.30. The topological polar surface area (TPSA) is 107 Å². The third kappa shape index (κ3) is 1.21. The molecule has 2 unspecified atom stereocenters. The Morgan fingerprint density at radius 3 is 2.50 bits per heavy atom. The molecule has 0 aromatic heterocycles. The van der Waals surface area contributed by atoms with E-state index < -0.39 is 36.3 Å². The first-order valence-electron chi connectivity index (χ1n) is 3.18. The summed E-state index contributed by atoms with van der Waals surface area (Å²) in [5.41, 5.74) is 0. The Morgan fingerprint density at radius 1 is 1.58 bits per heavy atom. The number of carbonyl (C=O) groups excluding carboxylic acids is 1. The second-order valence-electron chi connectivity index (χ2n) is 2.29. The molecule has 0 aromatic carbocycles. The molecule has 0 spiro atoms. The Labute approximate surface area is 67.3 Å². The number of aliphatic hydroxyl groups excluding tert-OH is 3. The van der Waals surface area contributed by atoms with Crippen LogP contribution in [0.15, 0.2) is 11.7 Å². The van der Waals surface area contributed by atoms with E-state index in [1.165, 1.54) is 0 Å². The van der Waals surface area contributed by atoms with Crippen molar-refractivity contribution in [3.05, 3.63) is 11.7 Å². The van der Waals surface area contributed by atoms with E-state index in [2.05, 4.69) is 4.74 Å². The van der Waals surface area contributed by atoms with Crippen LogP contribution in [0.2, 0.25) is 0 Å². The van der Waals surface area contributed by atoms with Gasteiger partial charge in [0.1, 0.15) is 6.10 Å². The quantitative estimate of drug-likeness (QED) is 0.471. The molecule has 0 amide bonds. The molecule has 67 valence electrons. The predicted molar refractivity (Wildman–Crippen MR) is 33.3 cm³/mol. The summed E-state index contributed by atoms with van der Waals surface area (Å²) in [6, 6.07) is 0. The summed E-state index contributed by atoms with van der Waals surface area (Å²) in [4.78, 5) is 10.8. The molecule has 2 atom stereocenters. The fourth-order valence-electron chi connectivity index (χ4n) is 0.809. The number of Topliss-reactive ketones (excluding diaryl/α,β-unsaturated/α-hetero) is 1. The Kier molecular flexibility index (Phi) is 2.20. The largest absolute Gasteiger partial charge is 0.499 e. The van der Waals surface area contributed by atoms with Crippen molar-refractivity contribution in [1.29, 1.82) is 0 Å². The minimum atomic E-state index is -1.48. The van der Waals surface area contributed by atoms with Crippen molar-refractivity contribution in [2.45, 2.75) is 12.2 Å². The highest BCUT2D eigenvalue weighted by molar-refractivity contribution is 5.99. The van der Waals surface area contributed by atoms with Crippen molar-refractivity contribution in [3.63, 3.8) is 0 Å². The van der Waals surface area contributed by atoms with E-state index in [0.717, 1.165) is 0 Å². The van der Waals surface area contributed by atoms with Crippen molar-refractivity contribution in [2.75, 3.05) is 6.61 Å². The maximum Gasteiger partial charge on any atom is 0.378 e. The van der Waals surface area contributed by atoms with Gasteiger partial charge in [-0.05, 0) is 0 Å². The highest BCUT2D eigenvalue weighted by atomic mass is 16.6. The molecule has 1 aliphatic rings. The van der Waals surface area contributed by atoms with Gasteiger partial charge >= 0.3 is 5.95 Å². The van der Waals surface area contributed by atoms with Crippen LogP contribution in [0, 0.1) is 0 Å². The molecular formula is C6H7O6. The lowest BCUT2D eigenvalue weighted by molar-refractivity contribution is -0.132. The van der Waals surface area contributed by atoms with E-state index in [1.54, 1.807) is 0 Å². The fourth-order valence-corrected chi connectivity index (χ4v) is 0.809. The lowest BCUT2D eigenvalue weighted by Crippen LogP contribution is -2.35. The standard InChI is InChI=1S/C6H7O6/c7-1-2(8)5-3(9)4(10)6(11)12-5/h2,5,7-8,10H,1H2. The Hall–Kier alpha value is -1.27. The van der Waals surface area contributed by atoms with Crippen LogP contribution in [0.4, 0.5) is 0 Å². The number of aliphatic hydroxyl groups is 3. The maximum absolute atomic E-state index is 10.8. The number of hydrogen-bond donors (Lipinski definition) is 3. The summed E-state index contributed by atoms with van der Waals surface area (Å²) in [6.07, 6.45) is -2.95. The summed E-state index contributed by atoms with van der Waals surface area (Å²) in [5, 5.41) is 36.5. The van der Waals surface area contributed by atoms with Crippen LogP contribution < -0.4 is 0 Å². The number of hydrogen-bond acceptors (Lipinski definition) is 5. The van der Waals surface area contributed by atoms with Gasteiger partial charge in [-0.15, -0.1) is 0 Å². The number of rotatable bonds is 2. The van der Waals surface area contributed by atoms with Gasteiger partial charge in [0.15, 0.2) is 6.10 Å². The van der Waals surface area contributed by atoms with E-state index in [1.807, 2.05) is 0 Å². The van der Waals surface area contributed by atoms with Gasteiger partial charge in [0.05, 0.1) is 6.61 Å². The Balaban J connectivity index is 2.73. The van der Waals surface area contributed by atoms with Crippen LogP contribution in [-0.2, 0) is 14.6 Å². The first-order valence-corrected chi connectivity index (χ1v) is 3.18. The van der Waals surface area contributed by atoms with Crippen molar-refractivity contribution < 1.29 is 30.0 Å². The molecule has 1 heterocycles. The van der Waals surface area contributed by atoms with Gasteiger partial charge < -0.3 is 20.1 Å². The minimum absolute atomic E-state index is 0.711. The van der Waals surface area contributed by atoms with Crippen LogP contribution in [0.25, 0.3) is 0 Å². The Bertz CT molecular complexity index is 232. The lowest BCUT2D eigenvalue weighted by atomic mass is 10.1. The molecule has 6 nitrogen and oxygen atoms in total. The number of ether oxygens (including phenoxy) is 1. The molecule has 1 aliphatic heterocycles. The van der Waals surface area contributed by atoms with Crippen molar-refractivity contribution in [1.82, 2.24) is 0 Å². The van der Waals surface area contributed by atoms with Gasteiger partial charge in [0.25, 0.3) is 0 Å². The van der Waals surface area contributed by atoms with Crippen molar-refractivity contribution in [2.24, 2.45) is 0 Å². The third-order valence-electron chi connectivity index (χ3n) is 1.46. The smallest absolute Gasteiger partial charge is 0.378 e. The summed E-state index contributed by atoms with van der Waals surface area (Å²) < 4.78 is 4.25. The average Bonchev–Trinajstić information content (AvgIpc) is 2.32. The van der Waals surface area contributed by atoms with E-state index in [-0.39, 0.29) is 0 Å². The summed E-state index contributed by atoms with van der Waals surface area (Å²) in [5.74, 6) is -3.20. The van der Waals surface area contributed by atoms with Gasteiger partial charge in [0.2, 0.25) is 11.5 Å². The van der Waals surface area contributed by atoms with E-state index in [9.17, 15) is 9.90 Å². The summed E-state index contributed by atoms with van der Waals surface area (Å²) in [6.45, 7) is -0.711. The monoisotopic (exact) mass is 175 g/mol. The normalized spacial score (nSPS) is 25.8. The molecule has 0 bridgehead atoms. The molecule has 0 saturated heterocycles. The molecule has 1 radical (unpaired) electrons. The highest BCUT2D eigenvalue weighted by Crippen LogP contribution is 2.20. The summed E-state index contributed by atoms with van der Waals surface area (Å²) >= 11 is 0. The number of carbonyl (C=O) groups is 1. The lowest BCUT2D eigenvalue weighted by Gasteiger charge is -2.12. The Morgan fingerprint density at radius 2 is 2.17 bits per heavy atom. The van der Waals surface area contributed by atoms with Gasteiger partial charge in [-0.1, -0.05) is 0 Å². The van der Waals surface area contributed by atoms with Crippen LogP contribution >= 0.6 is 0 Å². The molecule has 0 fully saturated rings. The van der Waals surface area contributed by atoms with Crippen LogP contribution in [0.1, 0.15) is 0 Å². The first-order chi connectivity index (χ1) is 5.57. The molecule has 12 heavy (non-hydrogen) atoms. The third-order valence-corrected chi connectivity index (χ3v) is 1.46. The molecule has 0 aliphatic carbocycles. The van der Waals surface area contributed by atoms with Gasteiger partial charge in [0, 0.05) is 0 Å². The average molecular weight is 175 g/mol. The second kappa shape index (κ2) is 3.00. The molecule has 0 saturated carbocycles. The van der Waals surface area contributed by atoms with Gasteiger partial charge in [-0.25, -0.2) is 5.11 Å². The zero-order valence-corrected chi connectivity index (χ0v) is 5.93. The zero-order valence-electron chi connectivity index (χ0n) is 5.93. The maximum atomic E-state index is 10.8. The van der Waals surface area contributed by atoms with Crippen LogP contribution in [-0.4, -0.2) is 39.9 Å². The van der Waals surface area contributed by atoms with Gasteiger partial charge in [-0.2, -0.15) is 0 Å². The van der Waals surface area contributed by atoms with Crippen molar-refractivity contribution >= 4 is 5.78 Å². The number of ketones is 1. The SMILES string of the molecule is [O]C1=C(O)C(=O)C(C(O)CO)O1. The van der Waals surface area contributed by atoms with E-state index in [0.29, 0.717) is 0 Å². The van der Waals surface area contributed by atoms with Crippen molar-refractivity contribution in [3.8, 4) is 0 Å². The fraction of sp³-hybridized carbons (Fsp3) is 0.500.